The maximum atomic E-state index is 12.6. The van der Waals surface area contributed by atoms with Crippen LogP contribution in [0.3, 0.4) is 0 Å². The van der Waals surface area contributed by atoms with Crippen LogP contribution in [0.25, 0.3) is 21.9 Å². The summed E-state index contributed by atoms with van der Waals surface area (Å²) in [5.74, 6) is -0.0854. The van der Waals surface area contributed by atoms with Gasteiger partial charge in [-0.2, -0.15) is 0 Å². The molecule has 0 saturated heterocycles. The van der Waals surface area contributed by atoms with Crippen LogP contribution in [0.1, 0.15) is 6.92 Å². The summed E-state index contributed by atoms with van der Waals surface area (Å²) in [4.78, 5) is 24.3. The largest absolute Gasteiger partial charge is 0.331 e. The summed E-state index contributed by atoms with van der Waals surface area (Å²) in [6.07, 6.45) is 1.55. The quantitative estimate of drug-likeness (QED) is 0.493. The van der Waals surface area contributed by atoms with E-state index in [9.17, 15) is 4.79 Å². The first-order chi connectivity index (χ1) is 12.6. The Kier molecular flexibility index (Phi) is 4.53. The first kappa shape index (κ1) is 16.9. The number of imidazole rings is 1. The number of aromatic amines is 1. The van der Waals surface area contributed by atoms with Gasteiger partial charge in [-0.3, -0.25) is 4.79 Å². The van der Waals surface area contributed by atoms with Crippen LogP contribution in [0.2, 0.25) is 5.02 Å². The number of nitrogens with zero attached hydrogens (tertiary/aromatic N) is 2. The van der Waals surface area contributed by atoms with Crippen molar-refractivity contribution in [1.29, 1.82) is 0 Å². The molecule has 0 aliphatic carbocycles. The smallest absolute Gasteiger partial charge is 0.237 e. The third-order valence-corrected chi connectivity index (χ3v) is 5.18. The van der Waals surface area contributed by atoms with Gasteiger partial charge in [0, 0.05) is 17.3 Å². The second-order valence-corrected chi connectivity index (χ2v) is 7.61. The molecule has 0 saturated carbocycles. The summed E-state index contributed by atoms with van der Waals surface area (Å²) in [6, 6.07) is 15.6. The molecule has 0 fully saturated rings. The fraction of sp³-hybridized carbons (Fsp3) is 0.105. The number of anilines is 1. The van der Waals surface area contributed by atoms with Crippen molar-refractivity contribution in [1.82, 2.24) is 15.0 Å². The first-order valence-corrected chi connectivity index (χ1v) is 9.32. The van der Waals surface area contributed by atoms with Crippen molar-refractivity contribution in [3.05, 3.63) is 59.8 Å². The van der Waals surface area contributed by atoms with Gasteiger partial charge in [-0.25, -0.2) is 9.97 Å². The molecule has 4 rings (SSSR count). The maximum Gasteiger partial charge on any atom is 0.237 e. The van der Waals surface area contributed by atoms with E-state index in [2.05, 4.69) is 20.3 Å². The number of nitrogens with one attached hydrogen (secondary N) is 2. The number of carbonyl (C=O) groups is 1. The lowest BCUT2D eigenvalue weighted by atomic mass is 10.1. The summed E-state index contributed by atoms with van der Waals surface area (Å²) in [5, 5.41) is 5.96. The molecular weight excluding hydrogens is 368 g/mol. The molecule has 7 heteroatoms. The van der Waals surface area contributed by atoms with Crippen LogP contribution in [0, 0.1) is 0 Å². The van der Waals surface area contributed by atoms with Gasteiger partial charge >= 0.3 is 0 Å². The minimum Gasteiger partial charge on any atom is -0.331 e. The molecule has 0 bridgehead atoms. The van der Waals surface area contributed by atoms with Gasteiger partial charge in [-0.1, -0.05) is 59.8 Å². The number of benzene rings is 2. The number of amides is 1. The molecule has 1 atom stereocenters. The summed E-state index contributed by atoms with van der Waals surface area (Å²) in [7, 11) is 0. The molecule has 2 heterocycles. The molecule has 4 aromatic rings. The van der Waals surface area contributed by atoms with Crippen LogP contribution in [-0.2, 0) is 4.79 Å². The highest BCUT2D eigenvalue weighted by atomic mass is 35.5. The number of rotatable bonds is 4. The molecule has 2 N–H and O–H groups in total. The Hall–Kier alpha value is -2.57. The molecule has 130 valence electrons. The number of hydrogen-bond acceptors (Lipinski definition) is 4. The van der Waals surface area contributed by atoms with Crippen LogP contribution in [0.15, 0.2) is 59.9 Å². The minimum atomic E-state index is -0.329. The fourth-order valence-corrected chi connectivity index (χ4v) is 3.66. The van der Waals surface area contributed by atoms with Crippen molar-refractivity contribution in [3.8, 4) is 0 Å². The van der Waals surface area contributed by atoms with Gasteiger partial charge in [-0.15, -0.1) is 0 Å². The molecule has 0 aliphatic heterocycles. The standard InChI is InChI=1S/C19H15ClN4OS/c1-11(26-19-23-16-9-13(20)10-21-17(16)24-19)18(25)22-15-8-4-6-12-5-2-3-7-14(12)15/h2-11H,1H3,(H,22,25)(H,21,23,24)/t11-/m1/s1. The molecule has 2 aromatic carbocycles. The van der Waals surface area contributed by atoms with E-state index < -0.39 is 0 Å². The number of carbonyl (C=O) groups excluding carboxylic acids is 1. The molecular formula is C19H15ClN4OS. The number of thioether (sulfide) groups is 1. The van der Waals surface area contributed by atoms with Crippen molar-refractivity contribution >= 4 is 56.9 Å². The van der Waals surface area contributed by atoms with Gasteiger partial charge in [0.05, 0.1) is 15.8 Å². The monoisotopic (exact) mass is 382 g/mol. The zero-order chi connectivity index (χ0) is 18.1. The molecule has 26 heavy (non-hydrogen) atoms. The van der Waals surface area contributed by atoms with Crippen molar-refractivity contribution in [2.45, 2.75) is 17.3 Å². The minimum absolute atomic E-state index is 0.0854. The first-order valence-electron chi connectivity index (χ1n) is 8.07. The predicted octanol–water partition coefficient (Wildman–Crippen LogP) is 4.88. The zero-order valence-corrected chi connectivity index (χ0v) is 15.4. The lowest BCUT2D eigenvalue weighted by Gasteiger charge is -2.12. The normalized spacial score (nSPS) is 12.4. The van der Waals surface area contributed by atoms with E-state index >= 15 is 0 Å². The molecule has 0 aliphatic rings. The lowest BCUT2D eigenvalue weighted by molar-refractivity contribution is -0.115. The van der Waals surface area contributed by atoms with E-state index in [0.29, 0.717) is 15.8 Å². The van der Waals surface area contributed by atoms with E-state index in [1.54, 1.807) is 12.3 Å². The summed E-state index contributed by atoms with van der Waals surface area (Å²) >= 11 is 7.29. The average Bonchev–Trinajstić information content (AvgIpc) is 3.03. The highest BCUT2D eigenvalue weighted by Gasteiger charge is 2.18. The Bertz CT molecular complexity index is 1110. The van der Waals surface area contributed by atoms with E-state index in [1.807, 2.05) is 49.4 Å². The van der Waals surface area contributed by atoms with Gasteiger partial charge in [0.1, 0.15) is 0 Å². The average molecular weight is 383 g/mol. The van der Waals surface area contributed by atoms with Gasteiger partial charge < -0.3 is 10.3 Å². The molecule has 0 unspecified atom stereocenters. The number of hydrogen-bond donors (Lipinski definition) is 2. The van der Waals surface area contributed by atoms with Crippen LogP contribution in [0.5, 0.6) is 0 Å². The molecule has 0 spiro atoms. The van der Waals surface area contributed by atoms with E-state index in [0.717, 1.165) is 22.0 Å². The Morgan fingerprint density at radius 1 is 1.23 bits per heavy atom. The fourth-order valence-electron chi connectivity index (χ4n) is 2.70. The SMILES string of the molecule is C[C@@H](Sc1nc2ncc(Cl)cc2[nH]1)C(=O)Nc1cccc2ccccc12. The van der Waals surface area contributed by atoms with Crippen molar-refractivity contribution < 1.29 is 4.79 Å². The summed E-state index contributed by atoms with van der Waals surface area (Å²) in [6.45, 7) is 1.85. The summed E-state index contributed by atoms with van der Waals surface area (Å²) < 4.78 is 0. The Morgan fingerprint density at radius 2 is 2.04 bits per heavy atom. The Labute approximate surface area is 159 Å². The molecule has 1 amide bonds. The highest BCUT2D eigenvalue weighted by molar-refractivity contribution is 8.00. The van der Waals surface area contributed by atoms with Crippen molar-refractivity contribution in [3.63, 3.8) is 0 Å². The summed E-state index contributed by atoms with van der Waals surface area (Å²) in [5.41, 5.74) is 2.14. The van der Waals surface area contributed by atoms with Gasteiger partial charge in [0.2, 0.25) is 5.91 Å². The Morgan fingerprint density at radius 3 is 2.92 bits per heavy atom. The van der Waals surface area contributed by atoms with Crippen molar-refractivity contribution in [2.24, 2.45) is 0 Å². The maximum absolute atomic E-state index is 12.6. The Balaban J connectivity index is 1.51. The van der Waals surface area contributed by atoms with Gasteiger partial charge in [-0.05, 0) is 24.4 Å². The highest BCUT2D eigenvalue weighted by Crippen LogP contribution is 2.27. The third kappa shape index (κ3) is 3.38. The predicted molar refractivity (Wildman–Crippen MR) is 107 cm³/mol. The number of pyridine rings is 1. The van der Waals surface area contributed by atoms with Crippen LogP contribution >= 0.6 is 23.4 Å². The number of aromatic nitrogens is 3. The second-order valence-electron chi connectivity index (χ2n) is 5.84. The lowest BCUT2D eigenvalue weighted by Crippen LogP contribution is -2.22. The van der Waals surface area contributed by atoms with Gasteiger partial charge in [0.15, 0.2) is 10.8 Å². The number of fused-ring (bicyclic) bond motifs is 2. The van der Waals surface area contributed by atoms with Crippen LogP contribution < -0.4 is 5.32 Å². The molecule has 5 nitrogen and oxygen atoms in total. The number of H-pyrrole nitrogens is 1. The zero-order valence-electron chi connectivity index (χ0n) is 13.9. The van der Waals surface area contributed by atoms with E-state index in [-0.39, 0.29) is 11.2 Å². The second kappa shape index (κ2) is 6.97. The molecule has 2 aromatic heterocycles. The third-order valence-electron chi connectivity index (χ3n) is 3.99. The van der Waals surface area contributed by atoms with Crippen molar-refractivity contribution in [2.75, 3.05) is 5.32 Å². The van der Waals surface area contributed by atoms with Crippen LogP contribution in [0.4, 0.5) is 5.69 Å². The van der Waals surface area contributed by atoms with Gasteiger partial charge in [0.25, 0.3) is 0 Å². The number of halogens is 1. The topological polar surface area (TPSA) is 70.7 Å². The van der Waals surface area contributed by atoms with E-state index in [1.165, 1.54) is 11.8 Å². The van der Waals surface area contributed by atoms with E-state index in [4.69, 9.17) is 11.6 Å². The van der Waals surface area contributed by atoms with Crippen LogP contribution in [-0.4, -0.2) is 26.1 Å². The molecule has 0 radical (unpaired) electrons.